The standard InChI is InChI=1S/C10H18O4.C4H8O2/c11-9(12)7-5-3-1-2-4-6-8-10(13)14;1-2-3-4(5)6/h1-8H2,(H,11,12)(H,13,14);2-3H2,1H3,(H,5,6). The lowest BCUT2D eigenvalue weighted by Gasteiger charge is -1.98. The van der Waals surface area contributed by atoms with E-state index in [2.05, 4.69) is 0 Å². The van der Waals surface area contributed by atoms with Gasteiger partial charge in [0.2, 0.25) is 0 Å². The Kier molecular flexibility index (Phi) is 16.0. The molecule has 0 aromatic rings. The molecular formula is C14H26O6. The topological polar surface area (TPSA) is 112 Å². The van der Waals surface area contributed by atoms with Crippen LogP contribution in [0, 0.1) is 0 Å². The first-order chi connectivity index (χ1) is 9.40. The van der Waals surface area contributed by atoms with Crippen LogP contribution in [0.5, 0.6) is 0 Å². The maximum Gasteiger partial charge on any atom is 0.303 e. The van der Waals surface area contributed by atoms with Gasteiger partial charge in [-0.05, 0) is 19.3 Å². The smallest absolute Gasteiger partial charge is 0.303 e. The van der Waals surface area contributed by atoms with Gasteiger partial charge in [-0.3, -0.25) is 14.4 Å². The Bertz CT molecular complexity index is 255. The lowest BCUT2D eigenvalue weighted by atomic mass is 10.1. The van der Waals surface area contributed by atoms with Crippen molar-refractivity contribution in [3.05, 3.63) is 0 Å². The third-order valence-corrected chi connectivity index (χ3v) is 2.50. The van der Waals surface area contributed by atoms with Crippen LogP contribution in [-0.2, 0) is 14.4 Å². The average Bonchev–Trinajstić information content (AvgIpc) is 2.32. The van der Waals surface area contributed by atoms with Crippen molar-refractivity contribution < 1.29 is 29.7 Å². The first-order valence-electron chi connectivity index (χ1n) is 7.05. The van der Waals surface area contributed by atoms with Gasteiger partial charge < -0.3 is 15.3 Å². The summed E-state index contributed by atoms with van der Waals surface area (Å²) < 4.78 is 0. The fraction of sp³-hybridized carbons (Fsp3) is 0.786. The van der Waals surface area contributed by atoms with Crippen LogP contribution in [0.15, 0.2) is 0 Å². The third kappa shape index (κ3) is 25.3. The SMILES string of the molecule is CCCC(=O)O.O=C(O)CCCCCCCCC(=O)O. The highest BCUT2D eigenvalue weighted by atomic mass is 16.4. The van der Waals surface area contributed by atoms with Crippen LogP contribution in [0.4, 0.5) is 0 Å². The Morgan fingerprint density at radius 2 is 0.900 bits per heavy atom. The minimum absolute atomic E-state index is 0.245. The number of carboxylic acids is 3. The number of aliphatic carboxylic acids is 3. The van der Waals surface area contributed by atoms with Crippen molar-refractivity contribution in [3.8, 4) is 0 Å². The molecule has 0 fully saturated rings. The van der Waals surface area contributed by atoms with Crippen LogP contribution in [0.1, 0.15) is 71.1 Å². The van der Waals surface area contributed by atoms with E-state index in [1.54, 1.807) is 0 Å². The molecule has 6 nitrogen and oxygen atoms in total. The highest BCUT2D eigenvalue weighted by Gasteiger charge is 1.98. The van der Waals surface area contributed by atoms with Gasteiger partial charge >= 0.3 is 17.9 Å². The molecular weight excluding hydrogens is 264 g/mol. The largest absolute Gasteiger partial charge is 0.481 e. The molecule has 0 atom stereocenters. The van der Waals surface area contributed by atoms with E-state index in [1.807, 2.05) is 6.92 Å². The first-order valence-corrected chi connectivity index (χ1v) is 7.05. The molecule has 0 rings (SSSR count). The molecule has 0 bridgehead atoms. The number of unbranched alkanes of at least 4 members (excludes halogenated alkanes) is 5. The normalized spacial score (nSPS) is 9.45. The van der Waals surface area contributed by atoms with Gasteiger partial charge in [-0.25, -0.2) is 0 Å². The molecule has 0 heterocycles. The molecule has 0 saturated carbocycles. The second-order valence-corrected chi connectivity index (χ2v) is 4.55. The molecule has 118 valence electrons. The van der Waals surface area contributed by atoms with E-state index in [4.69, 9.17) is 15.3 Å². The quantitative estimate of drug-likeness (QED) is 0.504. The number of hydrogen-bond donors (Lipinski definition) is 3. The lowest BCUT2D eigenvalue weighted by Crippen LogP contribution is -1.94. The fourth-order valence-electron chi connectivity index (χ4n) is 1.47. The molecule has 0 aliphatic rings. The van der Waals surface area contributed by atoms with E-state index < -0.39 is 17.9 Å². The maximum absolute atomic E-state index is 10.1. The van der Waals surface area contributed by atoms with Gasteiger partial charge in [-0.2, -0.15) is 0 Å². The molecule has 0 spiro atoms. The first kappa shape index (κ1) is 20.7. The van der Waals surface area contributed by atoms with Gasteiger partial charge in [0.05, 0.1) is 0 Å². The van der Waals surface area contributed by atoms with Crippen LogP contribution < -0.4 is 0 Å². The number of hydrogen-bond acceptors (Lipinski definition) is 3. The Hall–Kier alpha value is -1.59. The maximum atomic E-state index is 10.1. The molecule has 0 aliphatic carbocycles. The molecule has 20 heavy (non-hydrogen) atoms. The Labute approximate surface area is 119 Å². The minimum atomic E-state index is -0.740. The van der Waals surface area contributed by atoms with Crippen LogP contribution in [0.25, 0.3) is 0 Å². The summed E-state index contributed by atoms with van der Waals surface area (Å²) >= 11 is 0. The van der Waals surface area contributed by atoms with Gasteiger partial charge in [0, 0.05) is 19.3 Å². The Balaban J connectivity index is 0. The van der Waals surface area contributed by atoms with Crippen LogP contribution in [-0.4, -0.2) is 33.2 Å². The zero-order valence-electron chi connectivity index (χ0n) is 12.1. The highest BCUT2D eigenvalue weighted by molar-refractivity contribution is 5.67. The third-order valence-electron chi connectivity index (χ3n) is 2.50. The summed E-state index contributed by atoms with van der Waals surface area (Å²) in [5.74, 6) is -2.19. The van der Waals surface area contributed by atoms with Crippen molar-refractivity contribution in [2.45, 2.75) is 71.1 Å². The minimum Gasteiger partial charge on any atom is -0.481 e. The molecule has 3 N–H and O–H groups in total. The van der Waals surface area contributed by atoms with Crippen molar-refractivity contribution in [3.63, 3.8) is 0 Å². The zero-order chi connectivity index (χ0) is 15.8. The molecule has 0 saturated heterocycles. The molecule has 0 aromatic carbocycles. The van der Waals surface area contributed by atoms with Gasteiger partial charge in [-0.15, -0.1) is 0 Å². The van der Waals surface area contributed by atoms with Crippen molar-refractivity contribution in [1.29, 1.82) is 0 Å². The molecule has 0 aromatic heterocycles. The van der Waals surface area contributed by atoms with Crippen molar-refractivity contribution in [2.24, 2.45) is 0 Å². The Morgan fingerprint density at radius 1 is 0.600 bits per heavy atom. The lowest BCUT2D eigenvalue weighted by molar-refractivity contribution is -0.138. The second kappa shape index (κ2) is 15.5. The summed E-state index contributed by atoms with van der Waals surface area (Å²) in [6.07, 6.45) is 6.85. The fourth-order valence-corrected chi connectivity index (χ4v) is 1.47. The monoisotopic (exact) mass is 290 g/mol. The van der Waals surface area contributed by atoms with Crippen LogP contribution in [0.2, 0.25) is 0 Å². The van der Waals surface area contributed by atoms with Gasteiger partial charge in [-0.1, -0.05) is 32.6 Å². The second-order valence-electron chi connectivity index (χ2n) is 4.55. The van der Waals surface area contributed by atoms with Crippen LogP contribution in [0.3, 0.4) is 0 Å². The van der Waals surface area contributed by atoms with E-state index in [0.717, 1.165) is 44.9 Å². The van der Waals surface area contributed by atoms with E-state index >= 15 is 0 Å². The molecule has 6 heteroatoms. The van der Waals surface area contributed by atoms with E-state index in [1.165, 1.54) is 0 Å². The summed E-state index contributed by atoms with van der Waals surface area (Å²) in [4.78, 5) is 29.9. The average molecular weight is 290 g/mol. The Morgan fingerprint density at radius 3 is 1.10 bits per heavy atom. The van der Waals surface area contributed by atoms with E-state index in [-0.39, 0.29) is 12.8 Å². The van der Waals surface area contributed by atoms with Gasteiger partial charge in [0.25, 0.3) is 0 Å². The summed E-state index contributed by atoms with van der Waals surface area (Å²) in [5, 5.41) is 24.6. The highest BCUT2D eigenvalue weighted by Crippen LogP contribution is 2.08. The van der Waals surface area contributed by atoms with E-state index in [9.17, 15) is 14.4 Å². The number of carboxylic acid groups (broad SMARTS) is 3. The predicted octanol–water partition coefficient (Wildman–Crippen LogP) is 3.15. The molecule has 0 amide bonds. The summed E-state index contributed by atoms with van der Waals surface area (Å²) in [5.41, 5.74) is 0. The van der Waals surface area contributed by atoms with E-state index in [0.29, 0.717) is 6.42 Å². The molecule has 0 aliphatic heterocycles. The predicted molar refractivity (Wildman–Crippen MR) is 74.8 cm³/mol. The molecule has 0 radical (unpaired) electrons. The summed E-state index contributed by atoms with van der Waals surface area (Å²) in [6.45, 7) is 1.84. The summed E-state index contributed by atoms with van der Waals surface area (Å²) in [7, 11) is 0. The van der Waals surface area contributed by atoms with Crippen molar-refractivity contribution in [1.82, 2.24) is 0 Å². The van der Waals surface area contributed by atoms with Crippen molar-refractivity contribution >= 4 is 17.9 Å². The number of carbonyl (C=O) groups is 3. The van der Waals surface area contributed by atoms with Gasteiger partial charge in [0.15, 0.2) is 0 Å². The van der Waals surface area contributed by atoms with Crippen molar-refractivity contribution in [2.75, 3.05) is 0 Å². The van der Waals surface area contributed by atoms with Crippen LogP contribution >= 0.6 is 0 Å². The van der Waals surface area contributed by atoms with Gasteiger partial charge in [0.1, 0.15) is 0 Å². The summed E-state index contributed by atoms with van der Waals surface area (Å²) in [6, 6.07) is 0. The zero-order valence-corrected chi connectivity index (χ0v) is 12.1. The molecule has 0 unspecified atom stereocenters. The number of rotatable bonds is 11.